The van der Waals surface area contributed by atoms with Crippen molar-refractivity contribution in [3.8, 4) is 0 Å². The Balaban J connectivity index is 2.29. The lowest BCUT2D eigenvalue weighted by Gasteiger charge is -2.13. The van der Waals surface area contributed by atoms with E-state index in [1.54, 1.807) is 12.1 Å². The molecule has 0 spiro atoms. The van der Waals surface area contributed by atoms with Crippen molar-refractivity contribution in [2.45, 2.75) is 26.2 Å². The standard InChI is InChI=1S/C14H21FN2O/c1-3-4-9-17(2)10-8-14(18)16-13-7-5-6-12(15)11-13/h5-7,11H,3-4,8-10H2,1-2H3,(H,16,18)/p+1. The van der Waals surface area contributed by atoms with Gasteiger partial charge < -0.3 is 10.2 Å². The van der Waals surface area contributed by atoms with Crippen molar-refractivity contribution in [1.29, 1.82) is 0 Å². The van der Waals surface area contributed by atoms with Crippen molar-refractivity contribution < 1.29 is 14.1 Å². The number of halogens is 1. The van der Waals surface area contributed by atoms with E-state index in [1.165, 1.54) is 29.9 Å². The average Bonchev–Trinajstić information content (AvgIpc) is 2.34. The van der Waals surface area contributed by atoms with Crippen LogP contribution < -0.4 is 10.2 Å². The number of hydrogen-bond donors (Lipinski definition) is 2. The van der Waals surface area contributed by atoms with Gasteiger partial charge in [0.15, 0.2) is 0 Å². The molecular formula is C14H22FN2O+. The Kier molecular flexibility index (Phi) is 6.36. The van der Waals surface area contributed by atoms with E-state index >= 15 is 0 Å². The number of carbonyl (C=O) groups excluding carboxylic acids is 1. The van der Waals surface area contributed by atoms with E-state index in [2.05, 4.69) is 19.3 Å². The first-order valence-corrected chi connectivity index (χ1v) is 6.48. The molecule has 1 unspecified atom stereocenters. The molecule has 0 saturated heterocycles. The van der Waals surface area contributed by atoms with Gasteiger partial charge in [-0.1, -0.05) is 19.4 Å². The molecule has 0 aromatic heterocycles. The first-order valence-electron chi connectivity index (χ1n) is 6.48. The SMILES string of the molecule is CCCC[NH+](C)CCC(=O)Nc1cccc(F)c1. The third-order valence-electron chi connectivity index (χ3n) is 2.84. The van der Waals surface area contributed by atoms with Crippen molar-refractivity contribution in [2.24, 2.45) is 0 Å². The summed E-state index contributed by atoms with van der Waals surface area (Å²) < 4.78 is 12.9. The van der Waals surface area contributed by atoms with Crippen LogP contribution in [0.2, 0.25) is 0 Å². The molecule has 1 rings (SSSR count). The zero-order valence-electron chi connectivity index (χ0n) is 11.1. The number of anilines is 1. The summed E-state index contributed by atoms with van der Waals surface area (Å²) in [6.45, 7) is 4.05. The molecule has 1 aromatic rings. The summed E-state index contributed by atoms with van der Waals surface area (Å²) in [5.74, 6) is -0.394. The summed E-state index contributed by atoms with van der Waals surface area (Å²) in [7, 11) is 2.09. The minimum Gasteiger partial charge on any atom is -0.337 e. The lowest BCUT2D eigenvalue weighted by molar-refractivity contribution is -0.879. The van der Waals surface area contributed by atoms with Gasteiger partial charge in [0.05, 0.1) is 26.6 Å². The average molecular weight is 253 g/mol. The van der Waals surface area contributed by atoms with Crippen LogP contribution in [-0.4, -0.2) is 26.0 Å². The predicted octanol–water partition coefficient (Wildman–Crippen LogP) is 1.47. The molecule has 3 nitrogen and oxygen atoms in total. The van der Waals surface area contributed by atoms with Gasteiger partial charge >= 0.3 is 0 Å². The fourth-order valence-corrected chi connectivity index (χ4v) is 1.72. The van der Waals surface area contributed by atoms with Crippen LogP contribution >= 0.6 is 0 Å². The highest BCUT2D eigenvalue weighted by Crippen LogP contribution is 2.08. The van der Waals surface area contributed by atoms with Gasteiger partial charge in [-0.3, -0.25) is 4.79 Å². The molecule has 0 saturated carbocycles. The molecule has 0 aliphatic heterocycles. The van der Waals surface area contributed by atoms with E-state index in [4.69, 9.17) is 0 Å². The fraction of sp³-hybridized carbons (Fsp3) is 0.500. The molecule has 0 aliphatic rings. The number of nitrogens with one attached hydrogen (secondary N) is 2. The van der Waals surface area contributed by atoms with Gasteiger partial charge in [-0.25, -0.2) is 4.39 Å². The van der Waals surface area contributed by atoms with Crippen LogP contribution in [0.4, 0.5) is 10.1 Å². The van der Waals surface area contributed by atoms with Gasteiger partial charge in [0, 0.05) is 5.69 Å². The number of hydrogen-bond acceptors (Lipinski definition) is 1. The van der Waals surface area contributed by atoms with Crippen LogP contribution in [0.5, 0.6) is 0 Å². The van der Waals surface area contributed by atoms with E-state index in [-0.39, 0.29) is 11.7 Å². The molecule has 0 bridgehead atoms. The number of unbranched alkanes of at least 4 members (excludes halogenated alkanes) is 1. The molecule has 1 aromatic carbocycles. The van der Waals surface area contributed by atoms with Crippen molar-refractivity contribution >= 4 is 11.6 Å². The molecule has 18 heavy (non-hydrogen) atoms. The Morgan fingerprint density at radius 3 is 2.83 bits per heavy atom. The predicted molar refractivity (Wildman–Crippen MR) is 71.2 cm³/mol. The van der Waals surface area contributed by atoms with Gasteiger partial charge in [-0.15, -0.1) is 0 Å². The third kappa shape index (κ3) is 5.77. The summed E-state index contributed by atoms with van der Waals surface area (Å²) in [5, 5.41) is 2.70. The number of carbonyl (C=O) groups is 1. The fourth-order valence-electron chi connectivity index (χ4n) is 1.72. The highest BCUT2D eigenvalue weighted by Gasteiger charge is 2.07. The molecule has 1 amide bonds. The molecule has 2 N–H and O–H groups in total. The molecule has 0 radical (unpaired) electrons. The van der Waals surface area contributed by atoms with Crippen molar-refractivity contribution in [2.75, 3.05) is 25.5 Å². The van der Waals surface area contributed by atoms with Crippen LogP contribution in [0.25, 0.3) is 0 Å². The summed E-state index contributed by atoms with van der Waals surface area (Å²) in [4.78, 5) is 13.0. The smallest absolute Gasteiger partial charge is 0.230 e. The topological polar surface area (TPSA) is 33.5 Å². The zero-order valence-corrected chi connectivity index (χ0v) is 11.1. The first-order chi connectivity index (χ1) is 8.61. The molecule has 0 aliphatic carbocycles. The van der Waals surface area contributed by atoms with E-state index in [9.17, 15) is 9.18 Å². The zero-order chi connectivity index (χ0) is 13.4. The lowest BCUT2D eigenvalue weighted by atomic mass is 10.3. The van der Waals surface area contributed by atoms with Gasteiger partial charge in [-0.05, 0) is 24.6 Å². The molecular weight excluding hydrogens is 231 g/mol. The number of amides is 1. The highest BCUT2D eigenvalue weighted by atomic mass is 19.1. The molecule has 4 heteroatoms. The van der Waals surface area contributed by atoms with Crippen LogP contribution in [0.3, 0.4) is 0 Å². The second-order valence-electron chi connectivity index (χ2n) is 4.62. The minimum absolute atomic E-state index is 0.0588. The highest BCUT2D eigenvalue weighted by molar-refractivity contribution is 5.90. The normalized spacial score (nSPS) is 12.2. The monoisotopic (exact) mass is 253 g/mol. The molecule has 0 heterocycles. The number of rotatable bonds is 7. The van der Waals surface area contributed by atoms with Crippen molar-refractivity contribution in [3.63, 3.8) is 0 Å². The van der Waals surface area contributed by atoms with Crippen molar-refractivity contribution in [3.05, 3.63) is 30.1 Å². The largest absolute Gasteiger partial charge is 0.337 e. The summed E-state index contributed by atoms with van der Waals surface area (Å²) in [5.41, 5.74) is 0.520. The Morgan fingerprint density at radius 1 is 1.39 bits per heavy atom. The number of quaternary nitrogens is 1. The summed E-state index contributed by atoms with van der Waals surface area (Å²) >= 11 is 0. The van der Waals surface area contributed by atoms with Crippen LogP contribution in [0.1, 0.15) is 26.2 Å². The quantitative estimate of drug-likeness (QED) is 0.758. The van der Waals surface area contributed by atoms with E-state index in [0.717, 1.165) is 13.1 Å². The van der Waals surface area contributed by atoms with E-state index < -0.39 is 0 Å². The van der Waals surface area contributed by atoms with Gasteiger partial charge in [-0.2, -0.15) is 0 Å². The third-order valence-corrected chi connectivity index (χ3v) is 2.84. The van der Waals surface area contributed by atoms with Crippen LogP contribution in [-0.2, 0) is 4.79 Å². The van der Waals surface area contributed by atoms with Gasteiger partial charge in [0.1, 0.15) is 5.82 Å². The maximum Gasteiger partial charge on any atom is 0.230 e. The van der Waals surface area contributed by atoms with Gasteiger partial charge in [0.25, 0.3) is 0 Å². The molecule has 0 fully saturated rings. The van der Waals surface area contributed by atoms with E-state index in [0.29, 0.717) is 12.1 Å². The second-order valence-corrected chi connectivity index (χ2v) is 4.62. The molecule has 100 valence electrons. The Hall–Kier alpha value is -1.42. The van der Waals surface area contributed by atoms with Crippen LogP contribution in [0, 0.1) is 5.82 Å². The minimum atomic E-state index is -0.335. The Labute approximate surface area is 108 Å². The molecule has 1 atom stereocenters. The first kappa shape index (κ1) is 14.6. The van der Waals surface area contributed by atoms with Crippen molar-refractivity contribution in [1.82, 2.24) is 0 Å². The Bertz CT molecular complexity index is 382. The summed E-state index contributed by atoms with van der Waals surface area (Å²) in [6.07, 6.45) is 2.82. The Morgan fingerprint density at radius 2 is 2.17 bits per heavy atom. The van der Waals surface area contributed by atoms with Crippen LogP contribution in [0.15, 0.2) is 24.3 Å². The van der Waals surface area contributed by atoms with Gasteiger partial charge in [0.2, 0.25) is 5.91 Å². The van der Waals surface area contributed by atoms with E-state index in [1.807, 2.05) is 0 Å². The number of benzene rings is 1. The maximum atomic E-state index is 12.9. The summed E-state index contributed by atoms with van der Waals surface area (Å²) in [6, 6.07) is 5.96. The second kappa shape index (κ2) is 7.82. The maximum absolute atomic E-state index is 12.9. The lowest BCUT2D eigenvalue weighted by Crippen LogP contribution is -3.09.